The second-order valence-electron chi connectivity index (χ2n) is 8.70. The number of carbonyl (C=O) groups is 1. The van der Waals surface area contributed by atoms with Gasteiger partial charge in [0.05, 0.1) is 10.6 Å². The van der Waals surface area contributed by atoms with Gasteiger partial charge < -0.3 is 10.2 Å². The summed E-state index contributed by atoms with van der Waals surface area (Å²) >= 11 is 0. The summed E-state index contributed by atoms with van der Waals surface area (Å²) in [5.41, 5.74) is 3.83. The molecule has 180 valence electrons. The molecule has 4 aromatic carbocycles. The van der Waals surface area contributed by atoms with Gasteiger partial charge in [0, 0.05) is 30.9 Å². The highest BCUT2D eigenvalue weighted by Crippen LogP contribution is 2.32. The molecule has 0 saturated carbocycles. The van der Waals surface area contributed by atoms with Crippen molar-refractivity contribution in [3.63, 3.8) is 0 Å². The van der Waals surface area contributed by atoms with E-state index in [9.17, 15) is 13.2 Å². The Morgan fingerprint density at radius 2 is 1.49 bits per heavy atom. The highest BCUT2D eigenvalue weighted by Gasteiger charge is 2.30. The molecule has 35 heavy (non-hydrogen) atoms. The summed E-state index contributed by atoms with van der Waals surface area (Å²) in [7, 11) is -0.183. The average molecular weight is 488 g/mol. The predicted molar refractivity (Wildman–Crippen MR) is 144 cm³/mol. The molecule has 0 aliphatic rings. The summed E-state index contributed by atoms with van der Waals surface area (Å²) in [5, 5.41) is 4.27. The summed E-state index contributed by atoms with van der Waals surface area (Å²) in [6, 6.07) is 25.4. The van der Waals surface area contributed by atoms with Gasteiger partial charge in [-0.1, -0.05) is 48.5 Å². The third kappa shape index (κ3) is 5.00. The number of amides is 1. The Bertz CT molecular complexity index is 1470. The highest BCUT2D eigenvalue weighted by atomic mass is 32.2. The van der Waals surface area contributed by atoms with Gasteiger partial charge in [-0.05, 0) is 66.8 Å². The molecule has 0 bridgehead atoms. The number of hydrogen-bond acceptors (Lipinski definition) is 4. The number of nitrogens with zero attached hydrogens (tertiary/aromatic N) is 2. The number of sulfonamides is 1. The van der Waals surface area contributed by atoms with E-state index in [0.717, 1.165) is 22.2 Å². The third-order valence-corrected chi connectivity index (χ3v) is 7.93. The van der Waals surface area contributed by atoms with Crippen LogP contribution < -0.4 is 14.5 Å². The van der Waals surface area contributed by atoms with Crippen molar-refractivity contribution >= 4 is 43.8 Å². The first-order chi connectivity index (χ1) is 16.7. The monoisotopic (exact) mass is 487 g/mol. The molecule has 0 radical (unpaired) electrons. The molecule has 6 nitrogen and oxygen atoms in total. The molecule has 0 fully saturated rings. The normalized spacial score (nSPS) is 11.3. The molecule has 1 amide bonds. The number of fused-ring (bicyclic) bond motifs is 1. The Labute approximate surface area is 206 Å². The molecule has 0 spiro atoms. The van der Waals surface area contributed by atoms with Crippen LogP contribution in [0.2, 0.25) is 0 Å². The van der Waals surface area contributed by atoms with Crippen molar-refractivity contribution in [1.82, 2.24) is 0 Å². The standard InChI is InChI=1S/C28H29N3O3S/c1-20-9-7-13-26(21(20)2)31(19-28(32)29-23-15-17-24(18-16-23)30(3)4)35(33,34)27-14-8-11-22-10-5-6-12-25(22)27/h5-18H,19H2,1-4H3,(H,29,32). The average Bonchev–Trinajstić information content (AvgIpc) is 2.84. The van der Waals surface area contributed by atoms with Crippen LogP contribution in [0.3, 0.4) is 0 Å². The summed E-state index contributed by atoms with van der Waals surface area (Å²) in [6.07, 6.45) is 0. The van der Waals surface area contributed by atoms with Crippen molar-refractivity contribution in [2.24, 2.45) is 0 Å². The first-order valence-corrected chi connectivity index (χ1v) is 12.8. The predicted octanol–water partition coefficient (Wildman–Crippen LogP) is 5.36. The van der Waals surface area contributed by atoms with E-state index in [1.54, 1.807) is 42.5 Å². The van der Waals surface area contributed by atoms with Gasteiger partial charge in [0.15, 0.2) is 0 Å². The second kappa shape index (κ2) is 9.80. The lowest BCUT2D eigenvalue weighted by Gasteiger charge is -2.27. The third-order valence-electron chi connectivity index (χ3n) is 6.12. The number of anilines is 3. The van der Waals surface area contributed by atoms with Crippen LogP contribution in [0.1, 0.15) is 11.1 Å². The first kappa shape index (κ1) is 24.3. The number of rotatable bonds is 7. The summed E-state index contributed by atoms with van der Waals surface area (Å²) < 4.78 is 29.3. The minimum absolute atomic E-state index is 0.166. The fourth-order valence-electron chi connectivity index (χ4n) is 4.02. The maximum Gasteiger partial charge on any atom is 0.265 e. The minimum Gasteiger partial charge on any atom is -0.378 e. The smallest absolute Gasteiger partial charge is 0.265 e. The van der Waals surface area contributed by atoms with Crippen LogP contribution in [0.25, 0.3) is 10.8 Å². The Hall–Kier alpha value is -3.84. The molecule has 0 atom stereocenters. The molecule has 4 rings (SSSR count). The number of aryl methyl sites for hydroxylation is 1. The molecule has 7 heteroatoms. The van der Waals surface area contributed by atoms with Gasteiger partial charge in [0.1, 0.15) is 6.54 Å². The lowest BCUT2D eigenvalue weighted by Crippen LogP contribution is -2.38. The van der Waals surface area contributed by atoms with Crippen LogP contribution in [-0.2, 0) is 14.8 Å². The second-order valence-corrected chi connectivity index (χ2v) is 10.5. The zero-order valence-corrected chi connectivity index (χ0v) is 21.1. The first-order valence-electron chi connectivity index (χ1n) is 11.3. The van der Waals surface area contributed by atoms with Gasteiger partial charge in [-0.15, -0.1) is 0 Å². The Morgan fingerprint density at radius 3 is 2.20 bits per heavy atom. The lowest BCUT2D eigenvalue weighted by atomic mass is 10.1. The number of carbonyl (C=O) groups excluding carboxylic acids is 1. The van der Waals surface area contributed by atoms with Gasteiger partial charge in [0.2, 0.25) is 5.91 Å². The van der Waals surface area contributed by atoms with E-state index in [1.165, 1.54) is 4.31 Å². The summed E-state index contributed by atoms with van der Waals surface area (Å²) in [5.74, 6) is -0.424. The number of benzene rings is 4. The molecule has 0 aliphatic heterocycles. The van der Waals surface area contributed by atoms with Crippen molar-refractivity contribution in [1.29, 1.82) is 0 Å². The fourth-order valence-corrected chi connectivity index (χ4v) is 5.71. The molecule has 1 N–H and O–H groups in total. The molecular weight excluding hydrogens is 458 g/mol. The van der Waals surface area contributed by atoms with Crippen molar-refractivity contribution in [2.45, 2.75) is 18.7 Å². The van der Waals surface area contributed by atoms with E-state index in [1.807, 2.05) is 75.3 Å². The zero-order chi connectivity index (χ0) is 25.2. The molecule has 0 unspecified atom stereocenters. The molecule has 0 saturated heterocycles. The van der Waals surface area contributed by atoms with Crippen LogP contribution in [0.5, 0.6) is 0 Å². The summed E-state index contributed by atoms with van der Waals surface area (Å²) in [4.78, 5) is 15.3. The van der Waals surface area contributed by atoms with Crippen molar-refractivity contribution < 1.29 is 13.2 Å². The van der Waals surface area contributed by atoms with E-state index in [4.69, 9.17) is 0 Å². The molecule has 0 aromatic heterocycles. The maximum atomic E-state index is 14.1. The molecular formula is C28H29N3O3S. The van der Waals surface area contributed by atoms with E-state index in [0.29, 0.717) is 16.8 Å². The Morgan fingerprint density at radius 1 is 0.829 bits per heavy atom. The topological polar surface area (TPSA) is 69.7 Å². The maximum absolute atomic E-state index is 14.1. The quantitative estimate of drug-likeness (QED) is 0.381. The van der Waals surface area contributed by atoms with Gasteiger partial charge in [-0.25, -0.2) is 8.42 Å². The van der Waals surface area contributed by atoms with Crippen LogP contribution in [-0.4, -0.2) is 35.0 Å². The van der Waals surface area contributed by atoms with E-state index < -0.39 is 15.9 Å². The number of hydrogen-bond donors (Lipinski definition) is 1. The number of nitrogens with one attached hydrogen (secondary N) is 1. The van der Waals surface area contributed by atoms with Gasteiger partial charge in [-0.2, -0.15) is 0 Å². The van der Waals surface area contributed by atoms with Crippen LogP contribution in [0.15, 0.2) is 89.8 Å². The van der Waals surface area contributed by atoms with Crippen molar-refractivity contribution in [2.75, 3.05) is 35.2 Å². The molecule has 4 aromatic rings. The van der Waals surface area contributed by atoms with E-state index in [2.05, 4.69) is 5.32 Å². The van der Waals surface area contributed by atoms with E-state index in [-0.39, 0.29) is 11.4 Å². The van der Waals surface area contributed by atoms with E-state index >= 15 is 0 Å². The summed E-state index contributed by atoms with van der Waals surface area (Å²) in [6.45, 7) is 3.44. The van der Waals surface area contributed by atoms with Crippen molar-refractivity contribution in [3.8, 4) is 0 Å². The van der Waals surface area contributed by atoms with Crippen LogP contribution >= 0.6 is 0 Å². The Balaban J connectivity index is 1.74. The van der Waals surface area contributed by atoms with Crippen molar-refractivity contribution in [3.05, 3.63) is 96.1 Å². The minimum atomic E-state index is -4.06. The lowest BCUT2D eigenvalue weighted by molar-refractivity contribution is -0.114. The van der Waals surface area contributed by atoms with Crippen LogP contribution in [0.4, 0.5) is 17.1 Å². The van der Waals surface area contributed by atoms with Crippen LogP contribution in [0, 0.1) is 13.8 Å². The van der Waals surface area contributed by atoms with Gasteiger partial charge in [-0.3, -0.25) is 9.10 Å². The molecule has 0 aliphatic carbocycles. The van der Waals surface area contributed by atoms with Gasteiger partial charge >= 0.3 is 0 Å². The fraction of sp³-hybridized carbons (Fsp3) is 0.179. The van der Waals surface area contributed by atoms with Gasteiger partial charge in [0.25, 0.3) is 10.0 Å². The molecule has 0 heterocycles. The SMILES string of the molecule is Cc1cccc(N(CC(=O)Nc2ccc(N(C)C)cc2)S(=O)(=O)c2cccc3ccccc23)c1C. The zero-order valence-electron chi connectivity index (χ0n) is 20.3. The Kier molecular flexibility index (Phi) is 6.80. The largest absolute Gasteiger partial charge is 0.378 e. The highest BCUT2D eigenvalue weighted by molar-refractivity contribution is 7.93.